The van der Waals surface area contributed by atoms with Crippen LogP contribution in [0.2, 0.25) is 0 Å². The number of ether oxygens (including phenoxy) is 1. The van der Waals surface area contributed by atoms with E-state index in [1.54, 1.807) is 0 Å². The largest absolute Gasteiger partial charge is 0.493 e. The van der Waals surface area contributed by atoms with Gasteiger partial charge >= 0.3 is 0 Å². The number of hydrogen-bond acceptors (Lipinski definition) is 2. The molecule has 2 nitrogen and oxygen atoms in total. The molecule has 0 radical (unpaired) electrons. The fraction of sp³-hybridized carbons (Fsp3) is 0.235. The van der Waals surface area contributed by atoms with Crippen LogP contribution >= 0.6 is 15.9 Å². The number of benzene rings is 2. The summed E-state index contributed by atoms with van der Waals surface area (Å²) in [5, 5.41) is 0. The highest BCUT2D eigenvalue weighted by Gasteiger charge is 2.24. The van der Waals surface area contributed by atoms with Crippen LogP contribution in [0.5, 0.6) is 5.75 Å². The van der Waals surface area contributed by atoms with Crippen LogP contribution in [0.1, 0.15) is 34.7 Å². The minimum atomic E-state index is -0.352. The molecular formula is C17H14BrFO2. The van der Waals surface area contributed by atoms with Gasteiger partial charge in [-0.15, -0.1) is 0 Å². The number of ketones is 1. The molecule has 1 atom stereocenters. The van der Waals surface area contributed by atoms with Gasteiger partial charge in [-0.1, -0.05) is 18.2 Å². The lowest BCUT2D eigenvalue weighted by molar-refractivity contribution is 0.0965. The predicted octanol–water partition coefficient (Wildman–Crippen LogP) is 4.73. The summed E-state index contributed by atoms with van der Waals surface area (Å²) in [6, 6.07) is 12.0. The van der Waals surface area contributed by atoms with Crippen LogP contribution < -0.4 is 4.74 Å². The minimum absolute atomic E-state index is 0.0172. The molecule has 0 spiro atoms. The molecule has 0 fully saturated rings. The van der Waals surface area contributed by atoms with Crippen molar-refractivity contribution in [1.82, 2.24) is 0 Å². The van der Waals surface area contributed by atoms with E-state index in [4.69, 9.17) is 4.74 Å². The Morgan fingerprint density at radius 2 is 2.10 bits per heavy atom. The summed E-state index contributed by atoms with van der Waals surface area (Å²) in [7, 11) is 0. The van der Waals surface area contributed by atoms with Gasteiger partial charge in [-0.05, 0) is 58.1 Å². The molecule has 0 amide bonds. The molecule has 2 aromatic rings. The van der Waals surface area contributed by atoms with Crippen LogP contribution in [-0.4, -0.2) is 12.4 Å². The number of Topliss-reactive ketones (excluding diaryl/α,β-unsaturated/α-hetero) is 1. The van der Waals surface area contributed by atoms with Crippen LogP contribution in [0, 0.1) is 5.82 Å². The van der Waals surface area contributed by atoms with Gasteiger partial charge < -0.3 is 4.74 Å². The van der Waals surface area contributed by atoms with E-state index in [2.05, 4.69) is 15.9 Å². The normalized spacial score (nSPS) is 17.0. The molecule has 0 saturated heterocycles. The number of fused-ring (bicyclic) bond motifs is 1. The van der Waals surface area contributed by atoms with E-state index in [1.807, 2.05) is 24.3 Å². The lowest BCUT2D eigenvalue weighted by atomic mass is 9.87. The maximum absolute atomic E-state index is 13.1. The summed E-state index contributed by atoms with van der Waals surface area (Å²) >= 11 is 3.26. The maximum Gasteiger partial charge on any atom is 0.164 e. The summed E-state index contributed by atoms with van der Waals surface area (Å²) in [5.41, 5.74) is 1.61. The van der Waals surface area contributed by atoms with Crippen LogP contribution in [-0.2, 0) is 0 Å². The van der Waals surface area contributed by atoms with Crippen LogP contribution in [0.15, 0.2) is 46.9 Å². The third-order valence-electron chi connectivity index (χ3n) is 3.75. The van der Waals surface area contributed by atoms with Crippen molar-refractivity contribution in [2.45, 2.75) is 18.8 Å². The van der Waals surface area contributed by atoms with E-state index < -0.39 is 0 Å². The standard InChI is InChI=1S/C17H14BrFO2/c18-15-10-12(19)5-6-14(15)16(20)9-11-7-8-21-17-4-2-1-3-13(11)17/h1-6,10-11H,7-9H2. The average molecular weight is 349 g/mol. The van der Waals surface area contributed by atoms with Crippen molar-refractivity contribution >= 4 is 21.7 Å². The molecule has 1 heterocycles. The highest BCUT2D eigenvalue weighted by molar-refractivity contribution is 9.10. The molecule has 0 saturated carbocycles. The third kappa shape index (κ3) is 3.00. The Hall–Kier alpha value is -1.68. The second kappa shape index (κ2) is 5.98. The predicted molar refractivity (Wildman–Crippen MR) is 82.3 cm³/mol. The number of carbonyl (C=O) groups is 1. The molecule has 0 bridgehead atoms. The number of carbonyl (C=O) groups excluding carboxylic acids is 1. The number of para-hydroxylation sites is 1. The lowest BCUT2D eigenvalue weighted by Gasteiger charge is -2.25. The smallest absolute Gasteiger partial charge is 0.164 e. The highest BCUT2D eigenvalue weighted by atomic mass is 79.9. The van der Waals surface area contributed by atoms with E-state index in [0.29, 0.717) is 23.1 Å². The highest BCUT2D eigenvalue weighted by Crippen LogP contribution is 2.36. The van der Waals surface area contributed by atoms with E-state index in [-0.39, 0.29) is 17.5 Å². The molecule has 0 aliphatic carbocycles. The van der Waals surface area contributed by atoms with Crippen molar-refractivity contribution in [2.75, 3.05) is 6.61 Å². The zero-order chi connectivity index (χ0) is 14.8. The van der Waals surface area contributed by atoms with Crippen molar-refractivity contribution < 1.29 is 13.9 Å². The van der Waals surface area contributed by atoms with Gasteiger partial charge in [0.2, 0.25) is 0 Å². The summed E-state index contributed by atoms with van der Waals surface area (Å²) in [6.45, 7) is 0.625. The second-order valence-electron chi connectivity index (χ2n) is 5.12. The summed E-state index contributed by atoms with van der Waals surface area (Å²) in [4.78, 5) is 12.5. The van der Waals surface area contributed by atoms with Crippen LogP contribution in [0.25, 0.3) is 0 Å². The van der Waals surface area contributed by atoms with Crippen molar-refractivity contribution in [2.24, 2.45) is 0 Å². The Balaban J connectivity index is 1.83. The van der Waals surface area contributed by atoms with E-state index >= 15 is 0 Å². The van der Waals surface area contributed by atoms with E-state index in [0.717, 1.165) is 17.7 Å². The van der Waals surface area contributed by atoms with Crippen molar-refractivity contribution in [1.29, 1.82) is 0 Å². The Morgan fingerprint density at radius 3 is 2.90 bits per heavy atom. The Kier molecular flexibility index (Phi) is 4.06. The number of rotatable bonds is 3. The van der Waals surface area contributed by atoms with Gasteiger partial charge in [0.1, 0.15) is 11.6 Å². The SMILES string of the molecule is O=C(CC1CCOc2ccccc21)c1ccc(F)cc1Br. The molecule has 0 aromatic heterocycles. The number of hydrogen-bond donors (Lipinski definition) is 0. The zero-order valence-electron chi connectivity index (χ0n) is 11.3. The first-order valence-corrected chi connectivity index (χ1v) is 7.64. The fourth-order valence-corrected chi connectivity index (χ4v) is 3.25. The Bertz CT molecular complexity index is 684. The fourth-order valence-electron chi connectivity index (χ4n) is 2.68. The van der Waals surface area contributed by atoms with Gasteiger partial charge in [-0.3, -0.25) is 4.79 Å². The minimum Gasteiger partial charge on any atom is -0.493 e. The van der Waals surface area contributed by atoms with Crippen molar-refractivity contribution in [3.63, 3.8) is 0 Å². The van der Waals surface area contributed by atoms with Crippen molar-refractivity contribution in [3.05, 3.63) is 63.9 Å². The van der Waals surface area contributed by atoms with Crippen LogP contribution in [0.3, 0.4) is 0 Å². The monoisotopic (exact) mass is 348 g/mol. The van der Waals surface area contributed by atoms with Gasteiger partial charge in [0.15, 0.2) is 5.78 Å². The lowest BCUT2D eigenvalue weighted by Crippen LogP contribution is -2.17. The molecule has 3 rings (SSSR count). The number of halogens is 2. The van der Waals surface area contributed by atoms with E-state index in [1.165, 1.54) is 18.2 Å². The summed E-state index contributed by atoms with van der Waals surface area (Å²) in [6.07, 6.45) is 1.23. The summed E-state index contributed by atoms with van der Waals surface area (Å²) < 4.78 is 19.2. The third-order valence-corrected chi connectivity index (χ3v) is 4.40. The van der Waals surface area contributed by atoms with Gasteiger partial charge in [-0.25, -0.2) is 4.39 Å². The Labute approximate surface area is 131 Å². The van der Waals surface area contributed by atoms with Gasteiger partial charge in [0.25, 0.3) is 0 Å². The van der Waals surface area contributed by atoms with Gasteiger partial charge in [-0.2, -0.15) is 0 Å². The first-order valence-electron chi connectivity index (χ1n) is 6.85. The molecule has 1 aliphatic heterocycles. The first-order chi connectivity index (χ1) is 10.1. The molecule has 1 aliphatic rings. The van der Waals surface area contributed by atoms with Gasteiger partial charge in [0, 0.05) is 16.5 Å². The molecular weight excluding hydrogens is 335 g/mol. The molecule has 4 heteroatoms. The molecule has 1 unspecified atom stereocenters. The van der Waals surface area contributed by atoms with Gasteiger partial charge in [0.05, 0.1) is 6.61 Å². The molecule has 21 heavy (non-hydrogen) atoms. The summed E-state index contributed by atoms with van der Waals surface area (Å²) in [5.74, 6) is 0.678. The maximum atomic E-state index is 13.1. The molecule has 108 valence electrons. The average Bonchev–Trinajstić information content (AvgIpc) is 2.47. The van der Waals surface area contributed by atoms with E-state index in [9.17, 15) is 9.18 Å². The molecule has 2 aromatic carbocycles. The second-order valence-corrected chi connectivity index (χ2v) is 5.98. The Morgan fingerprint density at radius 1 is 1.29 bits per heavy atom. The quantitative estimate of drug-likeness (QED) is 0.749. The van der Waals surface area contributed by atoms with Crippen LogP contribution in [0.4, 0.5) is 4.39 Å². The van der Waals surface area contributed by atoms with Crippen molar-refractivity contribution in [3.8, 4) is 5.75 Å². The molecule has 0 N–H and O–H groups in total. The zero-order valence-corrected chi connectivity index (χ0v) is 12.9. The topological polar surface area (TPSA) is 26.3 Å². The first kappa shape index (κ1) is 14.3.